The lowest BCUT2D eigenvalue weighted by Gasteiger charge is -2.30. The zero-order chi connectivity index (χ0) is 19.7. The molecule has 0 saturated heterocycles. The van der Waals surface area contributed by atoms with Crippen molar-refractivity contribution in [2.45, 2.75) is 51.4 Å². The quantitative estimate of drug-likeness (QED) is 0.376. The first-order valence-electron chi connectivity index (χ1n) is 8.80. The fourth-order valence-corrected chi connectivity index (χ4v) is 3.54. The van der Waals surface area contributed by atoms with Gasteiger partial charge in [-0.3, -0.25) is 19.2 Å². The van der Waals surface area contributed by atoms with Crippen LogP contribution in [0.5, 0.6) is 0 Å². The van der Waals surface area contributed by atoms with E-state index >= 15 is 0 Å². The molecule has 0 aromatic heterocycles. The molecule has 26 heavy (non-hydrogen) atoms. The van der Waals surface area contributed by atoms with Gasteiger partial charge in [0.05, 0.1) is 0 Å². The number of hydrogen-bond acceptors (Lipinski definition) is 4. The SMILES string of the molecule is O=C(O)C(CC1CCCC=CCCCC1CC(C(=O)O)C(=O)O)C(=O)O. The third-order valence-corrected chi connectivity index (χ3v) is 4.99. The summed E-state index contributed by atoms with van der Waals surface area (Å²) in [6.45, 7) is 0. The molecule has 2 atom stereocenters. The van der Waals surface area contributed by atoms with E-state index in [1.165, 1.54) is 0 Å². The molecule has 8 nitrogen and oxygen atoms in total. The van der Waals surface area contributed by atoms with Gasteiger partial charge in [-0.2, -0.15) is 0 Å². The van der Waals surface area contributed by atoms with Crippen molar-refractivity contribution in [1.29, 1.82) is 0 Å². The van der Waals surface area contributed by atoms with Crippen LogP contribution < -0.4 is 0 Å². The van der Waals surface area contributed by atoms with Crippen LogP contribution in [-0.2, 0) is 19.2 Å². The molecular formula is C18H26O8. The predicted octanol–water partition coefficient (Wildman–Crippen LogP) is 2.48. The molecule has 8 heteroatoms. The molecule has 0 aromatic carbocycles. The highest BCUT2D eigenvalue weighted by Crippen LogP contribution is 2.35. The van der Waals surface area contributed by atoms with Crippen LogP contribution in [0.3, 0.4) is 0 Å². The van der Waals surface area contributed by atoms with Gasteiger partial charge in [-0.15, -0.1) is 0 Å². The minimum Gasteiger partial charge on any atom is -0.481 e. The molecule has 1 aliphatic rings. The lowest BCUT2D eigenvalue weighted by atomic mass is 9.74. The number of aliphatic carboxylic acids is 4. The first-order valence-corrected chi connectivity index (χ1v) is 8.80. The minimum absolute atomic E-state index is 0.120. The van der Waals surface area contributed by atoms with Crippen molar-refractivity contribution in [2.75, 3.05) is 0 Å². The van der Waals surface area contributed by atoms with Crippen LogP contribution in [0.4, 0.5) is 0 Å². The highest BCUT2D eigenvalue weighted by molar-refractivity contribution is 5.93. The summed E-state index contributed by atoms with van der Waals surface area (Å²) in [6, 6.07) is 0. The highest BCUT2D eigenvalue weighted by Gasteiger charge is 2.36. The van der Waals surface area contributed by atoms with Gasteiger partial charge in [0.1, 0.15) is 0 Å². The summed E-state index contributed by atoms with van der Waals surface area (Å²) in [5, 5.41) is 36.7. The predicted molar refractivity (Wildman–Crippen MR) is 90.6 cm³/mol. The number of hydrogen-bond donors (Lipinski definition) is 4. The van der Waals surface area contributed by atoms with E-state index in [9.17, 15) is 19.2 Å². The second-order valence-electron chi connectivity index (χ2n) is 6.78. The van der Waals surface area contributed by atoms with Crippen LogP contribution in [0.15, 0.2) is 12.2 Å². The highest BCUT2D eigenvalue weighted by atomic mass is 16.4. The minimum atomic E-state index is -1.57. The Hall–Kier alpha value is -2.38. The monoisotopic (exact) mass is 370 g/mol. The second-order valence-corrected chi connectivity index (χ2v) is 6.78. The van der Waals surface area contributed by atoms with Crippen molar-refractivity contribution in [1.82, 2.24) is 0 Å². The summed E-state index contributed by atoms with van der Waals surface area (Å²) in [4.78, 5) is 45.0. The van der Waals surface area contributed by atoms with Gasteiger partial charge >= 0.3 is 23.9 Å². The van der Waals surface area contributed by atoms with Crippen molar-refractivity contribution in [3.63, 3.8) is 0 Å². The Morgan fingerprint density at radius 3 is 1.27 bits per heavy atom. The normalized spacial score (nSPS) is 21.5. The average molecular weight is 370 g/mol. The lowest BCUT2D eigenvalue weighted by molar-refractivity contribution is -0.159. The molecule has 0 radical (unpaired) electrons. The molecule has 0 bridgehead atoms. The molecule has 2 unspecified atom stereocenters. The molecule has 0 spiro atoms. The Kier molecular flexibility index (Phi) is 8.81. The average Bonchev–Trinajstić information content (AvgIpc) is 2.54. The maximum atomic E-state index is 11.3. The molecule has 0 amide bonds. The van der Waals surface area contributed by atoms with Crippen molar-refractivity contribution in [3.8, 4) is 0 Å². The van der Waals surface area contributed by atoms with E-state index in [0.717, 1.165) is 12.8 Å². The van der Waals surface area contributed by atoms with Gasteiger partial charge in [0.25, 0.3) is 0 Å². The zero-order valence-corrected chi connectivity index (χ0v) is 14.5. The first-order chi connectivity index (χ1) is 12.2. The summed E-state index contributed by atoms with van der Waals surface area (Å²) < 4.78 is 0. The number of rotatable bonds is 8. The molecule has 1 rings (SSSR count). The largest absolute Gasteiger partial charge is 0.481 e. The van der Waals surface area contributed by atoms with Gasteiger partial charge < -0.3 is 20.4 Å². The van der Waals surface area contributed by atoms with Crippen LogP contribution in [0.2, 0.25) is 0 Å². The molecular weight excluding hydrogens is 344 g/mol. The fourth-order valence-electron chi connectivity index (χ4n) is 3.54. The summed E-state index contributed by atoms with van der Waals surface area (Å²) in [5.74, 6) is -9.56. The molecule has 0 aromatic rings. The standard InChI is InChI=1S/C18H26O8/c19-15(20)13(16(21)22)9-11-7-5-3-1-2-4-6-8-12(11)10-14(17(23)24)18(25)26/h1-2,11-14H,3-10H2,(H,19,20)(H,21,22)(H,23,24)(H,25,26). The Morgan fingerprint density at radius 1 is 0.692 bits per heavy atom. The van der Waals surface area contributed by atoms with Crippen LogP contribution >= 0.6 is 0 Å². The molecule has 0 heterocycles. The van der Waals surface area contributed by atoms with E-state index in [1.54, 1.807) is 0 Å². The second kappa shape index (κ2) is 10.6. The molecule has 1 aliphatic carbocycles. The number of carboxylic acid groups (broad SMARTS) is 4. The van der Waals surface area contributed by atoms with E-state index in [2.05, 4.69) is 0 Å². The smallest absolute Gasteiger partial charge is 0.317 e. The van der Waals surface area contributed by atoms with E-state index in [1.807, 2.05) is 12.2 Å². The van der Waals surface area contributed by atoms with Crippen LogP contribution in [0.25, 0.3) is 0 Å². The Morgan fingerprint density at radius 2 is 1.00 bits per heavy atom. The van der Waals surface area contributed by atoms with Crippen molar-refractivity contribution in [3.05, 3.63) is 12.2 Å². The Balaban J connectivity index is 3.05. The van der Waals surface area contributed by atoms with E-state index < -0.39 is 35.7 Å². The van der Waals surface area contributed by atoms with Crippen molar-refractivity contribution >= 4 is 23.9 Å². The number of carboxylic acids is 4. The zero-order valence-electron chi connectivity index (χ0n) is 14.5. The van der Waals surface area contributed by atoms with Crippen LogP contribution in [0.1, 0.15) is 51.4 Å². The summed E-state index contributed by atoms with van der Waals surface area (Å²) >= 11 is 0. The van der Waals surface area contributed by atoms with Crippen molar-refractivity contribution in [2.24, 2.45) is 23.7 Å². The van der Waals surface area contributed by atoms with Gasteiger partial charge in [-0.25, -0.2) is 0 Å². The summed E-state index contributed by atoms with van der Waals surface area (Å²) in [7, 11) is 0. The molecule has 0 fully saturated rings. The van der Waals surface area contributed by atoms with Gasteiger partial charge in [0.2, 0.25) is 0 Å². The topological polar surface area (TPSA) is 149 Å². The Labute approximate surface area is 151 Å². The molecule has 4 N–H and O–H groups in total. The number of allylic oxidation sites excluding steroid dienone is 2. The van der Waals surface area contributed by atoms with E-state index in [4.69, 9.17) is 20.4 Å². The maximum Gasteiger partial charge on any atom is 0.317 e. The van der Waals surface area contributed by atoms with Crippen LogP contribution in [-0.4, -0.2) is 44.3 Å². The van der Waals surface area contributed by atoms with E-state index in [-0.39, 0.29) is 24.7 Å². The third-order valence-electron chi connectivity index (χ3n) is 4.99. The Bertz CT molecular complexity index is 477. The van der Waals surface area contributed by atoms with Gasteiger partial charge in [-0.05, 0) is 63.2 Å². The fraction of sp³-hybridized carbons (Fsp3) is 0.667. The lowest BCUT2D eigenvalue weighted by Crippen LogP contribution is -2.32. The summed E-state index contributed by atoms with van der Waals surface area (Å²) in [6.07, 6.45) is 7.88. The van der Waals surface area contributed by atoms with Crippen molar-refractivity contribution < 1.29 is 39.6 Å². The van der Waals surface area contributed by atoms with Gasteiger partial charge in [-0.1, -0.05) is 12.2 Å². The third kappa shape index (κ3) is 6.85. The number of carbonyl (C=O) groups is 4. The van der Waals surface area contributed by atoms with Gasteiger partial charge in [0.15, 0.2) is 11.8 Å². The molecule has 146 valence electrons. The van der Waals surface area contributed by atoms with Crippen LogP contribution in [0, 0.1) is 23.7 Å². The summed E-state index contributed by atoms with van der Waals surface area (Å²) in [5.41, 5.74) is 0. The molecule has 0 aliphatic heterocycles. The van der Waals surface area contributed by atoms with Gasteiger partial charge in [0, 0.05) is 0 Å². The maximum absolute atomic E-state index is 11.3. The molecule has 0 saturated carbocycles. The first kappa shape index (κ1) is 21.7. The van der Waals surface area contributed by atoms with E-state index in [0.29, 0.717) is 25.7 Å².